The monoisotopic (exact) mass is 422 g/mol. The maximum Gasteiger partial charge on any atom is 0.263 e. The number of nitrogens with zero attached hydrogens (tertiary/aromatic N) is 1. The Kier molecular flexibility index (Phi) is 6.28. The summed E-state index contributed by atoms with van der Waals surface area (Å²) in [7, 11) is 1.58. The fourth-order valence-corrected chi connectivity index (χ4v) is 3.40. The molecule has 0 heterocycles. The van der Waals surface area contributed by atoms with Crippen LogP contribution in [0.1, 0.15) is 20.7 Å². The summed E-state index contributed by atoms with van der Waals surface area (Å²) < 4.78 is 5.16. The molecule has 4 aromatic carbocycles. The van der Waals surface area contributed by atoms with Crippen molar-refractivity contribution in [2.24, 2.45) is 0 Å². The van der Waals surface area contributed by atoms with Gasteiger partial charge in [-0.1, -0.05) is 48.5 Å². The minimum atomic E-state index is -0.361. The fraction of sp³-hybridized carbons (Fsp3) is 0.0370. The highest BCUT2D eigenvalue weighted by atomic mass is 16.5. The molecule has 0 aliphatic carbocycles. The lowest BCUT2D eigenvalue weighted by atomic mass is 10.0. The summed E-state index contributed by atoms with van der Waals surface area (Å²) in [6.45, 7) is 0. The van der Waals surface area contributed by atoms with Crippen LogP contribution in [0.25, 0.3) is 0 Å². The van der Waals surface area contributed by atoms with Gasteiger partial charge in [-0.2, -0.15) is 0 Å². The molecule has 32 heavy (non-hydrogen) atoms. The number of anilines is 3. The molecule has 1 N–H and O–H groups in total. The van der Waals surface area contributed by atoms with Crippen LogP contribution in [-0.4, -0.2) is 18.9 Å². The minimum Gasteiger partial charge on any atom is -0.497 e. The van der Waals surface area contributed by atoms with Crippen LogP contribution in [0.5, 0.6) is 5.75 Å². The van der Waals surface area contributed by atoms with E-state index >= 15 is 0 Å². The Labute approximate surface area is 186 Å². The van der Waals surface area contributed by atoms with Crippen molar-refractivity contribution in [1.29, 1.82) is 0 Å². The Morgan fingerprint density at radius 2 is 1.16 bits per heavy atom. The number of benzene rings is 4. The Balaban J connectivity index is 1.69. The van der Waals surface area contributed by atoms with Gasteiger partial charge >= 0.3 is 0 Å². The number of carbonyl (C=O) groups is 2. The van der Waals surface area contributed by atoms with Crippen molar-refractivity contribution in [2.45, 2.75) is 0 Å². The summed E-state index contributed by atoms with van der Waals surface area (Å²) >= 11 is 0. The number of hydrogen-bond donors (Lipinski definition) is 1. The molecule has 0 saturated heterocycles. The molecule has 0 saturated carbocycles. The molecule has 0 fully saturated rings. The zero-order chi connectivity index (χ0) is 22.3. The number of rotatable bonds is 6. The first-order chi connectivity index (χ1) is 15.7. The second-order valence-corrected chi connectivity index (χ2v) is 7.04. The average molecular weight is 422 g/mol. The third-order valence-corrected chi connectivity index (χ3v) is 4.98. The predicted octanol–water partition coefficient (Wildman–Crippen LogP) is 5.93. The van der Waals surface area contributed by atoms with Crippen molar-refractivity contribution in [1.82, 2.24) is 0 Å². The SMILES string of the molecule is COc1ccc(NC(=O)c2ccccc2C(=O)N(c2ccccc2)c2ccccc2)cc1. The van der Waals surface area contributed by atoms with E-state index in [0.29, 0.717) is 33.9 Å². The van der Waals surface area contributed by atoms with Crippen LogP contribution < -0.4 is 15.0 Å². The zero-order valence-electron chi connectivity index (χ0n) is 17.6. The summed E-state index contributed by atoms with van der Waals surface area (Å²) in [5.74, 6) is 0.0445. The van der Waals surface area contributed by atoms with Gasteiger partial charge in [0.05, 0.1) is 18.2 Å². The molecular weight excluding hydrogens is 400 g/mol. The third kappa shape index (κ3) is 4.52. The highest BCUT2D eigenvalue weighted by Crippen LogP contribution is 2.28. The Hall–Kier alpha value is -4.38. The molecule has 0 bridgehead atoms. The van der Waals surface area contributed by atoms with Gasteiger partial charge < -0.3 is 10.1 Å². The topological polar surface area (TPSA) is 58.6 Å². The van der Waals surface area contributed by atoms with Crippen LogP contribution in [0.2, 0.25) is 0 Å². The van der Waals surface area contributed by atoms with E-state index in [4.69, 9.17) is 4.74 Å². The molecule has 158 valence electrons. The smallest absolute Gasteiger partial charge is 0.263 e. The second kappa shape index (κ2) is 9.62. The van der Waals surface area contributed by atoms with E-state index in [9.17, 15) is 9.59 Å². The first-order valence-corrected chi connectivity index (χ1v) is 10.2. The molecule has 5 heteroatoms. The molecule has 2 amide bonds. The fourth-order valence-electron chi connectivity index (χ4n) is 3.40. The molecule has 0 radical (unpaired) electrons. The maximum atomic E-state index is 13.7. The molecule has 5 nitrogen and oxygen atoms in total. The molecule has 0 aliphatic rings. The average Bonchev–Trinajstić information content (AvgIpc) is 2.86. The molecule has 4 rings (SSSR count). The number of hydrogen-bond acceptors (Lipinski definition) is 3. The van der Waals surface area contributed by atoms with E-state index in [2.05, 4.69) is 5.32 Å². The summed E-state index contributed by atoms with van der Waals surface area (Å²) in [6, 6.07) is 32.6. The van der Waals surface area contributed by atoms with Crippen molar-refractivity contribution >= 4 is 28.9 Å². The summed E-state index contributed by atoms with van der Waals surface area (Å²) in [5, 5.41) is 2.86. The third-order valence-electron chi connectivity index (χ3n) is 4.98. The van der Waals surface area contributed by atoms with E-state index in [-0.39, 0.29) is 11.8 Å². The second-order valence-electron chi connectivity index (χ2n) is 7.04. The Morgan fingerprint density at radius 1 is 0.656 bits per heavy atom. The number of amides is 2. The van der Waals surface area contributed by atoms with Gasteiger partial charge in [-0.25, -0.2) is 0 Å². The van der Waals surface area contributed by atoms with Crippen LogP contribution in [-0.2, 0) is 0 Å². The van der Waals surface area contributed by atoms with Crippen LogP contribution in [0.3, 0.4) is 0 Å². The summed E-state index contributed by atoms with van der Waals surface area (Å²) in [4.78, 5) is 28.4. The first kappa shape index (κ1) is 20.9. The number of ether oxygens (including phenoxy) is 1. The van der Waals surface area contributed by atoms with Gasteiger partial charge in [-0.15, -0.1) is 0 Å². The van der Waals surface area contributed by atoms with E-state index in [1.165, 1.54) is 0 Å². The van der Waals surface area contributed by atoms with Gasteiger partial charge in [0.25, 0.3) is 11.8 Å². The maximum absolute atomic E-state index is 13.7. The first-order valence-electron chi connectivity index (χ1n) is 10.2. The van der Waals surface area contributed by atoms with Gasteiger partial charge in [-0.3, -0.25) is 14.5 Å². The van der Waals surface area contributed by atoms with E-state index in [0.717, 1.165) is 0 Å². The van der Waals surface area contributed by atoms with Crippen molar-refractivity contribution in [3.05, 3.63) is 120 Å². The molecule has 4 aromatic rings. The van der Waals surface area contributed by atoms with E-state index < -0.39 is 0 Å². The van der Waals surface area contributed by atoms with Crippen LogP contribution >= 0.6 is 0 Å². The zero-order valence-corrected chi connectivity index (χ0v) is 17.6. The molecule has 0 aliphatic heterocycles. The summed E-state index contributed by atoms with van der Waals surface area (Å²) in [6.07, 6.45) is 0. The van der Waals surface area contributed by atoms with E-state index in [1.807, 2.05) is 60.7 Å². The van der Waals surface area contributed by atoms with Gasteiger partial charge in [0, 0.05) is 17.1 Å². The highest BCUT2D eigenvalue weighted by molar-refractivity contribution is 6.18. The molecule has 0 atom stereocenters. The van der Waals surface area contributed by atoms with Crippen molar-refractivity contribution < 1.29 is 14.3 Å². The van der Waals surface area contributed by atoms with Crippen molar-refractivity contribution in [2.75, 3.05) is 17.3 Å². The molecular formula is C27H22N2O3. The van der Waals surface area contributed by atoms with Crippen LogP contribution in [0.4, 0.5) is 17.1 Å². The largest absolute Gasteiger partial charge is 0.497 e. The van der Waals surface area contributed by atoms with Gasteiger partial charge in [-0.05, 0) is 60.7 Å². The number of para-hydroxylation sites is 2. The van der Waals surface area contributed by atoms with Crippen LogP contribution in [0, 0.1) is 0 Å². The lowest BCUT2D eigenvalue weighted by Gasteiger charge is -2.24. The molecule has 0 aromatic heterocycles. The van der Waals surface area contributed by atoms with Crippen LogP contribution in [0.15, 0.2) is 109 Å². The lowest BCUT2D eigenvalue weighted by molar-refractivity contribution is 0.0976. The quantitative estimate of drug-likeness (QED) is 0.419. The predicted molar refractivity (Wildman–Crippen MR) is 127 cm³/mol. The molecule has 0 unspecified atom stereocenters. The van der Waals surface area contributed by atoms with Gasteiger partial charge in [0.1, 0.15) is 5.75 Å². The van der Waals surface area contributed by atoms with E-state index in [1.54, 1.807) is 60.5 Å². The minimum absolute atomic E-state index is 0.289. The van der Waals surface area contributed by atoms with Gasteiger partial charge in [0.2, 0.25) is 0 Å². The highest BCUT2D eigenvalue weighted by Gasteiger charge is 2.24. The summed E-state index contributed by atoms with van der Waals surface area (Å²) in [5.41, 5.74) is 2.65. The van der Waals surface area contributed by atoms with Crippen molar-refractivity contribution in [3.8, 4) is 5.75 Å². The number of carbonyl (C=O) groups excluding carboxylic acids is 2. The van der Waals surface area contributed by atoms with Crippen molar-refractivity contribution in [3.63, 3.8) is 0 Å². The Morgan fingerprint density at radius 3 is 1.69 bits per heavy atom. The normalized spacial score (nSPS) is 10.3. The number of methoxy groups -OCH3 is 1. The number of nitrogens with one attached hydrogen (secondary N) is 1. The Bertz CT molecular complexity index is 1170. The standard InChI is InChI=1S/C27H22N2O3/c1-32-23-18-16-20(17-19-23)28-26(30)24-14-8-9-15-25(24)27(31)29(21-10-4-2-5-11-21)22-12-6-3-7-13-22/h2-19H,1H3,(H,28,30). The molecule has 0 spiro atoms. The van der Waals surface area contributed by atoms with Gasteiger partial charge in [0.15, 0.2) is 0 Å². The lowest BCUT2D eigenvalue weighted by Crippen LogP contribution is -2.28.